The molecule has 0 aliphatic heterocycles. The molecular formula is C13H17N3. The number of nitrogens with one attached hydrogen (secondary N) is 2. The summed E-state index contributed by atoms with van der Waals surface area (Å²) in [5, 5.41) is 3.48. The zero-order chi connectivity index (χ0) is 10.8. The Hall–Kier alpha value is -1.35. The van der Waals surface area contributed by atoms with Crippen molar-refractivity contribution in [2.45, 2.75) is 19.3 Å². The molecule has 0 spiro atoms. The minimum absolute atomic E-state index is 0.954. The first-order valence-corrected chi connectivity index (χ1v) is 6.06. The van der Waals surface area contributed by atoms with Gasteiger partial charge in [-0.2, -0.15) is 0 Å². The zero-order valence-electron chi connectivity index (χ0n) is 9.37. The van der Waals surface area contributed by atoms with E-state index in [-0.39, 0.29) is 0 Å². The number of para-hydroxylation sites is 2. The van der Waals surface area contributed by atoms with E-state index in [1.54, 1.807) is 0 Å². The maximum absolute atomic E-state index is 4.55. The third kappa shape index (κ3) is 2.25. The van der Waals surface area contributed by atoms with E-state index in [0.29, 0.717) is 0 Å². The molecule has 1 saturated carbocycles. The minimum atomic E-state index is 0.954. The van der Waals surface area contributed by atoms with Gasteiger partial charge >= 0.3 is 0 Å². The molecular weight excluding hydrogens is 198 g/mol. The van der Waals surface area contributed by atoms with Crippen LogP contribution in [-0.2, 0) is 6.42 Å². The Labute approximate surface area is 95.3 Å². The second-order valence-electron chi connectivity index (χ2n) is 4.60. The topological polar surface area (TPSA) is 40.7 Å². The normalized spacial score (nSPS) is 15.8. The summed E-state index contributed by atoms with van der Waals surface area (Å²) in [6, 6.07) is 8.18. The van der Waals surface area contributed by atoms with Crippen LogP contribution in [0.4, 0.5) is 0 Å². The van der Waals surface area contributed by atoms with Gasteiger partial charge in [-0.3, -0.25) is 0 Å². The van der Waals surface area contributed by atoms with Crippen molar-refractivity contribution in [2.24, 2.45) is 5.92 Å². The third-order valence-corrected chi connectivity index (χ3v) is 3.11. The number of H-pyrrole nitrogens is 1. The maximum Gasteiger partial charge on any atom is 0.108 e. The lowest BCUT2D eigenvalue weighted by Crippen LogP contribution is -2.20. The van der Waals surface area contributed by atoms with E-state index in [4.69, 9.17) is 0 Å². The van der Waals surface area contributed by atoms with Gasteiger partial charge in [-0.15, -0.1) is 0 Å². The number of fused-ring (bicyclic) bond motifs is 1. The van der Waals surface area contributed by atoms with Crippen LogP contribution in [0.5, 0.6) is 0 Å². The van der Waals surface area contributed by atoms with Crippen LogP contribution in [0, 0.1) is 5.92 Å². The highest BCUT2D eigenvalue weighted by molar-refractivity contribution is 5.74. The Morgan fingerprint density at radius 2 is 2.19 bits per heavy atom. The number of nitrogens with zero attached hydrogens (tertiary/aromatic N) is 1. The van der Waals surface area contributed by atoms with Gasteiger partial charge in [-0.1, -0.05) is 12.1 Å². The molecule has 0 amide bonds. The number of imidazole rings is 1. The van der Waals surface area contributed by atoms with E-state index >= 15 is 0 Å². The monoisotopic (exact) mass is 215 g/mol. The van der Waals surface area contributed by atoms with Gasteiger partial charge in [0.2, 0.25) is 0 Å². The Kier molecular flexibility index (Phi) is 2.62. The Bertz CT molecular complexity index is 438. The van der Waals surface area contributed by atoms with Crippen LogP contribution >= 0.6 is 0 Å². The summed E-state index contributed by atoms with van der Waals surface area (Å²) in [6.45, 7) is 2.20. The summed E-state index contributed by atoms with van der Waals surface area (Å²) < 4.78 is 0. The zero-order valence-corrected chi connectivity index (χ0v) is 9.37. The van der Waals surface area contributed by atoms with Crippen molar-refractivity contribution >= 4 is 11.0 Å². The van der Waals surface area contributed by atoms with Gasteiger partial charge in [-0.25, -0.2) is 4.98 Å². The molecule has 0 atom stereocenters. The largest absolute Gasteiger partial charge is 0.342 e. The molecule has 1 aromatic carbocycles. The summed E-state index contributed by atoms with van der Waals surface area (Å²) in [5.41, 5.74) is 2.21. The van der Waals surface area contributed by atoms with Gasteiger partial charge < -0.3 is 10.3 Å². The molecule has 3 rings (SSSR count). The molecule has 1 aliphatic carbocycles. The van der Waals surface area contributed by atoms with Gasteiger partial charge in [-0.05, 0) is 37.4 Å². The van der Waals surface area contributed by atoms with Gasteiger partial charge in [0.25, 0.3) is 0 Å². The number of aromatic amines is 1. The van der Waals surface area contributed by atoms with Crippen LogP contribution < -0.4 is 5.32 Å². The fourth-order valence-corrected chi connectivity index (χ4v) is 1.96. The predicted octanol–water partition coefficient (Wildman–Crippen LogP) is 2.10. The van der Waals surface area contributed by atoms with Gasteiger partial charge in [0.05, 0.1) is 11.0 Å². The second kappa shape index (κ2) is 4.26. The molecule has 0 unspecified atom stereocenters. The van der Waals surface area contributed by atoms with E-state index in [0.717, 1.165) is 35.7 Å². The fourth-order valence-electron chi connectivity index (χ4n) is 1.96. The van der Waals surface area contributed by atoms with Crippen LogP contribution in [0.2, 0.25) is 0 Å². The van der Waals surface area contributed by atoms with Crippen molar-refractivity contribution in [1.29, 1.82) is 0 Å². The van der Waals surface area contributed by atoms with E-state index in [2.05, 4.69) is 21.4 Å². The summed E-state index contributed by atoms with van der Waals surface area (Å²) in [4.78, 5) is 7.90. The van der Waals surface area contributed by atoms with E-state index in [1.165, 1.54) is 19.4 Å². The van der Waals surface area contributed by atoms with Crippen LogP contribution in [0.1, 0.15) is 18.7 Å². The van der Waals surface area contributed by atoms with Crippen molar-refractivity contribution in [3.63, 3.8) is 0 Å². The maximum atomic E-state index is 4.55. The Morgan fingerprint density at radius 1 is 1.31 bits per heavy atom. The number of rotatable bonds is 5. The molecule has 84 valence electrons. The SMILES string of the molecule is c1ccc2[nH]c(CCNCC3CC3)nc2c1. The first-order chi connectivity index (χ1) is 7.92. The summed E-state index contributed by atoms with van der Waals surface area (Å²) in [7, 11) is 0. The quantitative estimate of drug-likeness (QED) is 0.750. The first-order valence-electron chi connectivity index (χ1n) is 6.06. The lowest BCUT2D eigenvalue weighted by Gasteiger charge is -2.00. The molecule has 2 aromatic rings. The first kappa shape index (κ1) is 9.85. The summed E-state index contributed by atoms with van der Waals surface area (Å²) >= 11 is 0. The summed E-state index contributed by atoms with van der Waals surface area (Å²) in [6.07, 6.45) is 3.82. The predicted molar refractivity (Wildman–Crippen MR) is 65.4 cm³/mol. The van der Waals surface area contributed by atoms with Crippen LogP contribution in [-0.4, -0.2) is 23.1 Å². The molecule has 0 bridgehead atoms. The number of hydrogen-bond donors (Lipinski definition) is 2. The molecule has 1 heterocycles. The van der Waals surface area contributed by atoms with Gasteiger partial charge in [0, 0.05) is 13.0 Å². The highest BCUT2D eigenvalue weighted by Crippen LogP contribution is 2.27. The lowest BCUT2D eigenvalue weighted by molar-refractivity contribution is 0.630. The highest BCUT2D eigenvalue weighted by Gasteiger charge is 2.19. The second-order valence-corrected chi connectivity index (χ2v) is 4.60. The fraction of sp³-hybridized carbons (Fsp3) is 0.462. The molecule has 2 N–H and O–H groups in total. The third-order valence-electron chi connectivity index (χ3n) is 3.11. The molecule has 0 radical (unpaired) electrons. The molecule has 0 saturated heterocycles. The lowest BCUT2D eigenvalue weighted by atomic mass is 10.3. The number of hydrogen-bond acceptors (Lipinski definition) is 2. The highest BCUT2D eigenvalue weighted by atomic mass is 14.9. The van der Waals surface area contributed by atoms with Gasteiger partial charge in [0.15, 0.2) is 0 Å². The van der Waals surface area contributed by atoms with Crippen molar-refractivity contribution < 1.29 is 0 Å². The number of benzene rings is 1. The molecule has 3 heteroatoms. The molecule has 16 heavy (non-hydrogen) atoms. The average molecular weight is 215 g/mol. The Balaban J connectivity index is 1.56. The molecule has 1 aliphatic rings. The molecule has 1 fully saturated rings. The van der Waals surface area contributed by atoms with Crippen molar-refractivity contribution in [1.82, 2.24) is 15.3 Å². The molecule has 1 aromatic heterocycles. The summed E-state index contributed by atoms with van der Waals surface area (Å²) in [5.74, 6) is 2.04. The average Bonchev–Trinajstić information content (AvgIpc) is 3.03. The van der Waals surface area contributed by atoms with Crippen LogP contribution in [0.3, 0.4) is 0 Å². The smallest absolute Gasteiger partial charge is 0.108 e. The Morgan fingerprint density at radius 3 is 3.00 bits per heavy atom. The van der Waals surface area contributed by atoms with Crippen molar-refractivity contribution in [2.75, 3.05) is 13.1 Å². The number of aromatic nitrogens is 2. The van der Waals surface area contributed by atoms with E-state index < -0.39 is 0 Å². The van der Waals surface area contributed by atoms with E-state index in [1.807, 2.05) is 18.2 Å². The standard InChI is InChI=1S/C13H17N3/c1-2-4-12-11(3-1)15-13(16-12)7-8-14-9-10-5-6-10/h1-4,10,14H,5-9H2,(H,15,16). The minimum Gasteiger partial charge on any atom is -0.342 e. The van der Waals surface area contributed by atoms with Crippen LogP contribution in [0.15, 0.2) is 24.3 Å². The van der Waals surface area contributed by atoms with Crippen LogP contribution in [0.25, 0.3) is 11.0 Å². The molecule has 3 nitrogen and oxygen atoms in total. The van der Waals surface area contributed by atoms with Gasteiger partial charge in [0.1, 0.15) is 5.82 Å². The van der Waals surface area contributed by atoms with E-state index in [9.17, 15) is 0 Å². The van der Waals surface area contributed by atoms with Crippen molar-refractivity contribution in [3.05, 3.63) is 30.1 Å². The van der Waals surface area contributed by atoms with Crippen molar-refractivity contribution in [3.8, 4) is 0 Å².